The van der Waals surface area contributed by atoms with Crippen LogP contribution in [0.3, 0.4) is 0 Å². The number of ether oxygens (including phenoxy) is 1. The number of hydrogen-bond donors (Lipinski definition) is 2. The van der Waals surface area contributed by atoms with Gasteiger partial charge in [0.1, 0.15) is 5.75 Å². The zero-order chi connectivity index (χ0) is 14.8. The molecule has 21 heavy (non-hydrogen) atoms. The first-order chi connectivity index (χ1) is 10.2. The molecular weight excluding hydrogens is 264 g/mol. The van der Waals surface area contributed by atoms with Crippen LogP contribution in [0.4, 0.5) is 0 Å². The van der Waals surface area contributed by atoms with E-state index in [9.17, 15) is 0 Å². The molecule has 110 valence electrons. The van der Waals surface area contributed by atoms with Crippen LogP contribution in [0.2, 0.25) is 0 Å². The Morgan fingerprint density at radius 1 is 1.24 bits per heavy atom. The highest BCUT2D eigenvalue weighted by molar-refractivity contribution is 5.38. The first-order valence-electron chi connectivity index (χ1n) is 7.21. The molecule has 0 aliphatic heterocycles. The Labute approximate surface area is 124 Å². The van der Waals surface area contributed by atoms with Crippen LogP contribution in [0.5, 0.6) is 5.75 Å². The predicted molar refractivity (Wildman–Crippen MR) is 80.8 cm³/mol. The summed E-state index contributed by atoms with van der Waals surface area (Å²) in [6.07, 6.45) is 2.68. The number of nitrogens with two attached hydrogens (primary N) is 1. The average molecular weight is 284 g/mol. The van der Waals surface area contributed by atoms with Crippen molar-refractivity contribution < 1.29 is 4.74 Å². The van der Waals surface area contributed by atoms with E-state index in [-0.39, 0.29) is 6.04 Å². The van der Waals surface area contributed by atoms with Gasteiger partial charge in [0.2, 0.25) is 0 Å². The summed E-state index contributed by atoms with van der Waals surface area (Å²) in [7, 11) is 0. The Morgan fingerprint density at radius 2 is 2.05 bits per heavy atom. The molecule has 5 heteroatoms. The molecule has 0 saturated heterocycles. The lowest BCUT2D eigenvalue weighted by molar-refractivity contribution is 0.302. The van der Waals surface area contributed by atoms with Crippen LogP contribution in [0.25, 0.3) is 0 Å². The summed E-state index contributed by atoms with van der Waals surface area (Å²) in [6.45, 7) is 3.87. The highest BCUT2D eigenvalue weighted by Gasteiger charge is 2.24. The molecular formula is C16H20N4O. The molecule has 1 atom stereocenters. The minimum atomic E-state index is -0.123. The van der Waals surface area contributed by atoms with Gasteiger partial charge in [-0.3, -0.25) is 5.84 Å². The van der Waals surface area contributed by atoms with Crippen molar-refractivity contribution in [2.75, 3.05) is 0 Å². The topological polar surface area (TPSA) is 73.1 Å². The summed E-state index contributed by atoms with van der Waals surface area (Å²) in [6, 6.07) is 9.95. The lowest BCUT2D eigenvalue weighted by atomic mass is 9.98. The fourth-order valence-electron chi connectivity index (χ4n) is 2.37. The third-order valence-corrected chi connectivity index (χ3v) is 3.64. The van der Waals surface area contributed by atoms with Crippen molar-refractivity contribution >= 4 is 0 Å². The van der Waals surface area contributed by atoms with E-state index in [0.29, 0.717) is 6.10 Å². The lowest BCUT2D eigenvalue weighted by Crippen LogP contribution is -2.29. The van der Waals surface area contributed by atoms with Gasteiger partial charge in [-0.05, 0) is 56.0 Å². The average Bonchev–Trinajstić information content (AvgIpc) is 3.28. The second kappa shape index (κ2) is 5.79. The molecule has 1 aliphatic carbocycles. The van der Waals surface area contributed by atoms with Crippen LogP contribution in [-0.4, -0.2) is 16.3 Å². The molecule has 0 amide bonds. The Hall–Kier alpha value is -1.98. The Kier molecular flexibility index (Phi) is 3.86. The summed E-state index contributed by atoms with van der Waals surface area (Å²) in [5, 5.41) is 8.25. The molecule has 1 unspecified atom stereocenters. The summed E-state index contributed by atoms with van der Waals surface area (Å²) >= 11 is 0. The molecule has 1 aliphatic rings. The molecule has 0 radical (unpaired) electrons. The first kappa shape index (κ1) is 14.0. The maximum absolute atomic E-state index is 5.85. The first-order valence-corrected chi connectivity index (χ1v) is 7.21. The SMILES string of the molecule is Cc1cc(C(NN)c2cccc(OC3CC3)c2)c(C)nn1. The normalized spacial score (nSPS) is 15.8. The Bertz CT molecular complexity index is 640. The zero-order valence-corrected chi connectivity index (χ0v) is 12.3. The Morgan fingerprint density at radius 3 is 2.76 bits per heavy atom. The quantitative estimate of drug-likeness (QED) is 0.650. The monoisotopic (exact) mass is 284 g/mol. The lowest BCUT2D eigenvalue weighted by Gasteiger charge is -2.19. The van der Waals surface area contributed by atoms with E-state index in [1.165, 1.54) is 0 Å². The molecule has 1 heterocycles. The summed E-state index contributed by atoms with van der Waals surface area (Å²) in [5.74, 6) is 6.68. The van der Waals surface area contributed by atoms with E-state index in [2.05, 4.69) is 15.6 Å². The largest absolute Gasteiger partial charge is 0.490 e. The van der Waals surface area contributed by atoms with Crippen LogP contribution in [0.1, 0.15) is 41.4 Å². The van der Waals surface area contributed by atoms with Gasteiger partial charge in [0.05, 0.1) is 23.5 Å². The molecule has 1 fully saturated rings. The van der Waals surface area contributed by atoms with Gasteiger partial charge in [-0.15, -0.1) is 0 Å². The number of hydrogen-bond acceptors (Lipinski definition) is 5. The van der Waals surface area contributed by atoms with E-state index >= 15 is 0 Å². The number of benzene rings is 1. The minimum Gasteiger partial charge on any atom is -0.490 e. The number of rotatable bonds is 5. The molecule has 1 aromatic heterocycles. The highest BCUT2D eigenvalue weighted by Crippen LogP contribution is 2.30. The fraction of sp³-hybridized carbons (Fsp3) is 0.375. The van der Waals surface area contributed by atoms with E-state index in [1.54, 1.807) is 0 Å². The summed E-state index contributed by atoms with van der Waals surface area (Å²) < 4.78 is 5.85. The summed E-state index contributed by atoms with van der Waals surface area (Å²) in [5.41, 5.74) is 6.72. The summed E-state index contributed by atoms with van der Waals surface area (Å²) in [4.78, 5) is 0. The molecule has 3 N–H and O–H groups in total. The van der Waals surface area contributed by atoms with Gasteiger partial charge in [-0.25, -0.2) is 5.43 Å². The maximum atomic E-state index is 5.85. The van der Waals surface area contributed by atoms with Crippen LogP contribution >= 0.6 is 0 Å². The van der Waals surface area contributed by atoms with Crippen LogP contribution in [0, 0.1) is 13.8 Å². The highest BCUT2D eigenvalue weighted by atomic mass is 16.5. The van der Waals surface area contributed by atoms with Crippen LogP contribution in [-0.2, 0) is 0 Å². The third kappa shape index (κ3) is 3.20. The van der Waals surface area contributed by atoms with Crippen molar-refractivity contribution in [1.29, 1.82) is 0 Å². The molecule has 1 aromatic carbocycles. The maximum Gasteiger partial charge on any atom is 0.120 e. The second-order valence-electron chi connectivity index (χ2n) is 5.52. The fourth-order valence-corrected chi connectivity index (χ4v) is 2.37. The van der Waals surface area contributed by atoms with Crippen molar-refractivity contribution in [2.24, 2.45) is 5.84 Å². The second-order valence-corrected chi connectivity index (χ2v) is 5.52. The van der Waals surface area contributed by atoms with Gasteiger partial charge in [-0.1, -0.05) is 12.1 Å². The predicted octanol–water partition coefficient (Wildman–Crippen LogP) is 2.19. The zero-order valence-electron chi connectivity index (χ0n) is 12.3. The van der Waals surface area contributed by atoms with E-state index in [1.807, 2.05) is 44.2 Å². The van der Waals surface area contributed by atoms with Crippen molar-refractivity contribution in [3.63, 3.8) is 0 Å². The van der Waals surface area contributed by atoms with Crippen LogP contribution in [0.15, 0.2) is 30.3 Å². The van der Waals surface area contributed by atoms with Crippen LogP contribution < -0.4 is 16.0 Å². The molecule has 1 saturated carbocycles. The van der Waals surface area contributed by atoms with Gasteiger partial charge < -0.3 is 4.74 Å². The van der Waals surface area contributed by atoms with Gasteiger partial charge in [0.15, 0.2) is 0 Å². The van der Waals surface area contributed by atoms with Crippen molar-refractivity contribution in [3.8, 4) is 5.75 Å². The number of hydrazine groups is 1. The number of nitrogens with zero attached hydrogens (tertiary/aromatic N) is 2. The van der Waals surface area contributed by atoms with Gasteiger partial charge in [0, 0.05) is 0 Å². The van der Waals surface area contributed by atoms with E-state index in [4.69, 9.17) is 10.6 Å². The van der Waals surface area contributed by atoms with Crippen molar-refractivity contribution in [2.45, 2.75) is 38.8 Å². The minimum absolute atomic E-state index is 0.123. The number of nitrogens with one attached hydrogen (secondary N) is 1. The van der Waals surface area contributed by atoms with Crippen molar-refractivity contribution in [1.82, 2.24) is 15.6 Å². The smallest absolute Gasteiger partial charge is 0.120 e. The van der Waals surface area contributed by atoms with Gasteiger partial charge >= 0.3 is 0 Å². The standard InChI is InChI=1S/C16H20N4O/c1-10-8-15(11(2)20-19-10)16(18-17)12-4-3-5-14(9-12)21-13-6-7-13/h3-5,8-9,13,16,18H,6-7,17H2,1-2H3. The molecule has 0 bridgehead atoms. The molecule has 2 aromatic rings. The van der Waals surface area contributed by atoms with Gasteiger partial charge in [0.25, 0.3) is 0 Å². The van der Waals surface area contributed by atoms with Crippen molar-refractivity contribution in [3.05, 3.63) is 52.8 Å². The molecule has 5 nitrogen and oxygen atoms in total. The van der Waals surface area contributed by atoms with E-state index in [0.717, 1.165) is 41.1 Å². The third-order valence-electron chi connectivity index (χ3n) is 3.64. The van der Waals surface area contributed by atoms with Gasteiger partial charge in [-0.2, -0.15) is 10.2 Å². The molecule has 0 spiro atoms. The molecule has 3 rings (SSSR count). The Balaban J connectivity index is 1.93. The number of aryl methyl sites for hydroxylation is 2. The van der Waals surface area contributed by atoms with E-state index < -0.39 is 0 Å². The number of aromatic nitrogens is 2.